The fraction of sp³-hybridized carbons (Fsp3) is 0.261. The van der Waals surface area contributed by atoms with E-state index in [0.29, 0.717) is 28.0 Å². The van der Waals surface area contributed by atoms with Crippen LogP contribution in [-0.2, 0) is 4.79 Å². The fourth-order valence-corrected chi connectivity index (χ4v) is 4.53. The van der Waals surface area contributed by atoms with Crippen molar-refractivity contribution in [3.8, 4) is 17.6 Å². The molecule has 2 aromatic rings. The number of benzene rings is 2. The molecular weight excluding hydrogens is 398 g/mol. The maximum atomic E-state index is 13.4. The van der Waals surface area contributed by atoms with Crippen LogP contribution in [0.3, 0.4) is 0 Å². The third kappa shape index (κ3) is 3.79. The van der Waals surface area contributed by atoms with Crippen LogP contribution in [0.15, 0.2) is 53.0 Å². The second kappa shape index (κ2) is 7.88. The van der Waals surface area contributed by atoms with Gasteiger partial charge in [0.15, 0.2) is 16.7 Å². The molecule has 4 rings (SSSR count). The highest BCUT2D eigenvalue weighted by Gasteiger charge is 2.42. The second-order valence-corrected chi connectivity index (χ2v) is 8.65. The van der Waals surface area contributed by atoms with E-state index in [1.807, 2.05) is 45.0 Å². The summed E-state index contributed by atoms with van der Waals surface area (Å²) in [7, 11) is 0. The van der Waals surface area contributed by atoms with Gasteiger partial charge in [0, 0.05) is 5.75 Å². The van der Waals surface area contributed by atoms with Crippen LogP contribution in [0, 0.1) is 18.3 Å². The van der Waals surface area contributed by atoms with Crippen LogP contribution in [0.2, 0.25) is 0 Å². The van der Waals surface area contributed by atoms with Crippen molar-refractivity contribution in [1.29, 1.82) is 5.26 Å². The van der Waals surface area contributed by atoms with Gasteiger partial charge in [-0.05, 0) is 56.2 Å². The predicted molar refractivity (Wildman–Crippen MR) is 118 cm³/mol. The summed E-state index contributed by atoms with van der Waals surface area (Å²) in [4.78, 5) is 19.8. The lowest BCUT2D eigenvalue weighted by Gasteiger charge is -2.30. The predicted octanol–water partition coefficient (Wildman–Crippen LogP) is 4.67. The fourth-order valence-electron chi connectivity index (χ4n) is 3.30. The highest BCUT2D eigenvalue weighted by Crippen LogP contribution is 2.37. The molecule has 152 valence electrons. The normalized spacial score (nSPS) is 18.5. The summed E-state index contributed by atoms with van der Waals surface area (Å²) in [6.45, 7) is 6.11. The number of carbonyl (C=O) groups is 1. The number of carbonyl (C=O) groups excluding carboxylic acids is 1. The van der Waals surface area contributed by atoms with Gasteiger partial charge in [0.2, 0.25) is 6.79 Å². The van der Waals surface area contributed by atoms with Crippen LogP contribution >= 0.6 is 11.8 Å². The van der Waals surface area contributed by atoms with Crippen molar-refractivity contribution in [2.24, 2.45) is 4.99 Å². The van der Waals surface area contributed by atoms with Crippen LogP contribution in [0.4, 0.5) is 5.69 Å². The zero-order valence-electron chi connectivity index (χ0n) is 17.0. The van der Waals surface area contributed by atoms with Crippen LogP contribution in [-0.4, -0.2) is 34.1 Å². The van der Waals surface area contributed by atoms with Gasteiger partial charge in [0.05, 0.1) is 11.2 Å². The molecule has 1 fully saturated rings. The van der Waals surface area contributed by atoms with Crippen molar-refractivity contribution in [2.45, 2.75) is 26.3 Å². The van der Waals surface area contributed by atoms with Crippen molar-refractivity contribution in [3.05, 3.63) is 59.2 Å². The van der Waals surface area contributed by atoms with Crippen LogP contribution in [0.5, 0.6) is 11.5 Å². The number of hydrogen-bond donors (Lipinski definition) is 0. The summed E-state index contributed by atoms with van der Waals surface area (Å²) in [5, 5.41) is 10.3. The summed E-state index contributed by atoms with van der Waals surface area (Å²) < 4.78 is 10.7. The van der Waals surface area contributed by atoms with Gasteiger partial charge < -0.3 is 9.47 Å². The minimum atomic E-state index is -0.464. The Hall–Kier alpha value is -3.24. The van der Waals surface area contributed by atoms with Gasteiger partial charge in [0.25, 0.3) is 5.91 Å². The van der Waals surface area contributed by atoms with Crippen molar-refractivity contribution in [2.75, 3.05) is 12.5 Å². The number of rotatable bonds is 3. The molecule has 2 heterocycles. The number of aryl methyl sites for hydroxylation is 1. The Morgan fingerprint density at radius 3 is 2.77 bits per heavy atom. The topological polar surface area (TPSA) is 74.9 Å². The minimum Gasteiger partial charge on any atom is -0.454 e. The first-order valence-corrected chi connectivity index (χ1v) is 10.5. The monoisotopic (exact) mass is 419 g/mol. The van der Waals surface area contributed by atoms with Gasteiger partial charge in [-0.15, -0.1) is 0 Å². The molecule has 0 bridgehead atoms. The zero-order chi connectivity index (χ0) is 21.3. The molecule has 0 aromatic heterocycles. The number of para-hydroxylation sites is 1. The second-order valence-electron chi connectivity index (χ2n) is 7.71. The molecule has 0 saturated carbocycles. The van der Waals surface area contributed by atoms with E-state index < -0.39 is 5.54 Å². The minimum absolute atomic E-state index is 0.0434. The molecule has 1 saturated heterocycles. The van der Waals surface area contributed by atoms with E-state index in [2.05, 4.69) is 6.07 Å². The lowest BCUT2D eigenvalue weighted by molar-refractivity contribution is -0.125. The van der Waals surface area contributed by atoms with E-state index in [1.165, 1.54) is 11.8 Å². The number of aliphatic imine (C=N–C) groups is 1. The van der Waals surface area contributed by atoms with Crippen LogP contribution < -0.4 is 9.47 Å². The van der Waals surface area contributed by atoms with E-state index >= 15 is 0 Å². The van der Waals surface area contributed by atoms with Crippen molar-refractivity contribution < 1.29 is 14.3 Å². The Morgan fingerprint density at radius 1 is 1.23 bits per heavy atom. The average molecular weight is 420 g/mol. The van der Waals surface area contributed by atoms with Crippen LogP contribution in [0.1, 0.15) is 25.0 Å². The maximum absolute atomic E-state index is 13.4. The largest absolute Gasteiger partial charge is 0.454 e. The Labute approximate surface area is 179 Å². The summed E-state index contributed by atoms with van der Waals surface area (Å²) in [5.74, 6) is 1.60. The molecule has 0 atom stereocenters. The molecule has 0 N–H and O–H groups in total. The third-order valence-electron chi connectivity index (χ3n) is 4.94. The van der Waals surface area contributed by atoms with Gasteiger partial charge >= 0.3 is 0 Å². The molecule has 2 aliphatic rings. The number of nitriles is 1. The number of amides is 1. The quantitative estimate of drug-likeness (QED) is 0.534. The van der Waals surface area contributed by atoms with E-state index in [9.17, 15) is 10.1 Å². The van der Waals surface area contributed by atoms with Crippen LogP contribution in [0.25, 0.3) is 6.08 Å². The lowest BCUT2D eigenvalue weighted by atomic mass is 10.0. The van der Waals surface area contributed by atoms with Crippen molar-refractivity contribution >= 4 is 34.6 Å². The summed E-state index contributed by atoms with van der Waals surface area (Å²) in [6, 6.07) is 15.2. The summed E-state index contributed by atoms with van der Waals surface area (Å²) in [6.07, 6.45) is 1.58. The SMILES string of the molecule is Cc1ccccc1N=C1SCC(C)(C)N1C(=O)/C(C#N)=C/c1ccc2c(c1)OCO2. The number of amidine groups is 1. The molecule has 0 radical (unpaired) electrons. The number of ether oxygens (including phenoxy) is 2. The Morgan fingerprint density at radius 2 is 2.00 bits per heavy atom. The average Bonchev–Trinajstić information content (AvgIpc) is 3.30. The Balaban J connectivity index is 1.69. The van der Waals surface area contributed by atoms with E-state index in [0.717, 1.165) is 11.3 Å². The molecule has 30 heavy (non-hydrogen) atoms. The molecule has 1 amide bonds. The molecule has 2 aromatic carbocycles. The van der Waals surface area contributed by atoms with Gasteiger partial charge in [-0.25, -0.2) is 4.99 Å². The molecule has 6 nitrogen and oxygen atoms in total. The molecule has 7 heteroatoms. The number of fused-ring (bicyclic) bond motifs is 1. The first-order valence-electron chi connectivity index (χ1n) is 9.52. The van der Waals surface area contributed by atoms with Crippen molar-refractivity contribution in [1.82, 2.24) is 4.90 Å². The molecular formula is C23H21N3O3S. The standard InChI is InChI=1S/C23H21N3O3S/c1-15-6-4-5-7-18(15)25-22-26(23(2,3)13-30-22)21(27)17(12-24)10-16-8-9-19-20(11-16)29-14-28-19/h4-11H,13-14H2,1-3H3/b17-10+,25-22?. The zero-order valence-corrected chi connectivity index (χ0v) is 17.8. The van der Waals surface area contributed by atoms with Crippen molar-refractivity contribution in [3.63, 3.8) is 0 Å². The van der Waals surface area contributed by atoms with E-state index in [4.69, 9.17) is 14.5 Å². The summed E-state index contributed by atoms with van der Waals surface area (Å²) in [5.41, 5.74) is 2.12. The smallest absolute Gasteiger partial charge is 0.271 e. The van der Waals surface area contributed by atoms with E-state index in [-0.39, 0.29) is 18.3 Å². The van der Waals surface area contributed by atoms with Gasteiger partial charge in [0.1, 0.15) is 11.6 Å². The molecule has 0 aliphatic carbocycles. The third-order valence-corrected chi connectivity index (χ3v) is 6.33. The Kier molecular flexibility index (Phi) is 5.27. The number of thioether (sulfide) groups is 1. The van der Waals surface area contributed by atoms with Gasteiger partial charge in [-0.3, -0.25) is 9.69 Å². The number of nitrogens with zero attached hydrogens (tertiary/aromatic N) is 3. The first-order chi connectivity index (χ1) is 14.4. The lowest BCUT2D eigenvalue weighted by Crippen LogP contribution is -2.46. The first kappa shape index (κ1) is 20.0. The molecule has 2 aliphatic heterocycles. The van der Waals surface area contributed by atoms with Gasteiger partial charge in [-0.2, -0.15) is 5.26 Å². The number of hydrogen-bond acceptors (Lipinski definition) is 6. The molecule has 0 unspecified atom stereocenters. The van der Waals surface area contributed by atoms with E-state index in [1.54, 1.807) is 29.2 Å². The summed E-state index contributed by atoms with van der Waals surface area (Å²) >= 11 is 1.52. The van der Waals surface area contributed by atoms with Gasteiger partial charge in [-0.1, -0.05) is 36.0 Å². The Bertz CT molecular complexity index is 1110. The highest BCUT2D eigenvalue weighted by atomic mass is 32.2. The highest BCUT2D eigenvalue weighted by molar-refractivity contribution is 8.14. The maximum Gasteiger partial charge on any atom is 0.271 e. The molecule has 0 spiro atoms.